The zero-order chi connectivity index (χ0) is 20.4. The summed E-state index contributed by atoms with van der Waals surface area (Å²) in [6.07, 6.45) is 13.7. The number of nitrogens with zero attached hydrogens (tertiary/aromatic N) is 2. The van der Waals surface area contributed by atoms with Crippen molar-refractivity contribution in [2.24, 2.45) is 0 Å². The minimum absolute atomic E-state index is 0.0588. The summed E-state index contributed by atoms with van der Waals surface area (Å²) in [5, 5.41) is 3.55. The van der Waals surface area contributed by atoms with Crippen molar-refractivity contribution in [3.63, 3.8) is 0 Å². The second kappa shape index (κ2) is 8.13. The average Bonchev–Trinajstić information content (AvgIpc) is 2.71. The molecule has 5 nitrogen and oxygen atoms in total. The molecule has 0 saturated carbocycles. The Kier molecular flexibility index (Phi) is 5.41. The van der Waals surface area contributed by atoms with Gasteiger partial charge >= 0.3 is 0 Å². The summed E-state index contributed by atoms with van der Waals surface area (Å²) in [7, 11) is 1.64. The van der Waals surface area contributed by atoms with Crippen LogP contribution in [-0.4, -0.2) is 48.0 Å². The van der Waals surface area contributed by atoms with Gasteiger partial charge < -0.3 is 15.0 Å². The first-order valence-electron chi connectivity index (χ1n) is 10.0. The standard InChI is InChI=1S/C24H27N3O2/c1-17-14-26(15-18(2)25-17)22-11-10-21-8-4-6-20(13-24(28)27(21)16-22)19-7-5-9-23(12-19)29-3/h4-13,16-18,25H,14-15H2,1-3H3/b6-4+,20-13+,21-8+/t17-,18+. The monoisotopic (exact) mass is 389 g/mol. The lowest BCUT2D eigenvalue weighted by Gasteiger charge is -2.39. The molecule has 3 aliphatic rings. The number of rotatable bonds is 3. The van der Waals surface area contributed by atoms with Crippen LogP contribution < -0.4 is 10.1 Å². The quantitative estimate of drug-likeness (QED) is 0.860. The first kappa shape index (κ1) is 19.3. The minimum Gasteiger partial charge on any atom is -0.497 e. The first-order valence-corrected chi connectivity index (χ1v) is 10.0. The first-order chi connectivity index (χ1) is 14.0. The Morgan fingerprint density at radius 2 is 1.83 bits per heavy atom. The highest BCUT2D eigenvalue weighted by molar-refractivity contribution is 6.00. The van der Waals surface area contributed by atoms with Gasteiger partial charge in [-0.2, -0.15) is 0 Å². The van der Waals surface area contributed by atoms with Crippen molar-refractivity contribution >= 4 is 11.5 Å². The van der Waals surface area contributed by atoms with Gasteiger partial charge in [0.25, 0.3) is 5.91 Å². The van der Waals surface area contributed by atoms with Crippen molar-refractivity contribution in [2.75, 3.05) is 20.2 Å². The SMILES string of the molecule is COc1cccc(C2=C\C(=O)N3C=C(N4C[C@@H](C)N[C@@H](C)C4)C=C\C3=C/C=C/2)c1. The van der Waals surface area contributed by atoms with Crippen LogP contribution in [0.15, 0.2) is 78.3 Å². The molecule has 1 amide bonds. The van der Waals surface area contributed by atoms with Crippen molar-refractivity contribution in [1.82, 2.24) is 15.1 Å². The molecule has 5 heteroatoms. The molecule has 1 aromatic rings. The number of allylic oxidation sites excluding steroid dienone is 6. The van der Waals surface area contributed by atoms with Crippen LogP contribution in [0.4, 0.5) is 0 Å². The minimum atomic E-state index is -0.0588. The molecule has 1 N–H and O–H groups in total. The highest BCUT2D eigenvalue weighted by Gasteiger charge is 2.25. The lowest BCUT2D eigenvalue weighted by Crippen LogP contribution is -2.53. The van der Waals surface area contributed by atoms with Crippen molar-refractivity contribution < 1.29 is 9.53 Å². The van der Waals surface area contributed by atoms with Gasteiger partial charge in [-0.3, -0.25) is 9.69 Å². The summed E-state index contributed by atoms with van der Waals surface area (Å²) < 4.78 is 5.32. The van der Waals surface area contributed by atoms with E-state index in [9.17, 15) is 4.79 Å². The molecule has 29 heavy (non-hydrogen) atoms. The molecule has 3 aliphatic heterocycles. The maximum Gasteiger partial charge on any atom is 0.255 e. The topological polar surface area (TPSA) is 44.8 Å². The Hall–Kier alpha value is -3.05. The van der Waals surface area contributed by atoms with Gasteiger partial charge in [-0.15, -0.1) is 0 Å². The maximum absolute atomic E-state index is 13.1. The predicted octanol–water partition coefficient (Wildman–Crippen LogP) is 3.45. The number of nitrogens with one attached hydrogen (secondary N) is 1. The summed E-state index contributed by atoms with van der Waals surface area (Å²) >= 11 is 0. The highest BCUT2D eigenvalue weighted by Crippen LogP contribution is 2.27. The number of methoxy groups -OCH3 is 1. The zero-order valence-electron chi connectivity index (χ0n) is 17.1. The number of carbonyl (C=O) groups excluding carboxylic acids is 1. The van der Waals surface area contributed by atoms with Gasteiger partial charge in [-0.25, -0.2) is 0 Å². The van der Waals surface area contributed by atoms with Crippen LogP contribution in [0.1, 0.15) is 19.4 Å². The number of ether oxygens (including phenoxy) is 1. The molecular weight excluding hydrogens is 362 g/mol. The van der Waals surface area contributed by atoms with E-state index >= 15 is 0 Å². The summed E-state index contributed by atoms with van der Waals surface area (Å²) in [4.78, 5) is 17.2. The fourth-order valence-corrected chi connectivity index (χ4v) is 4.04. The maximum atomic E-state index is 13.1. The van der Waals surface area contributed by atoms with E-state index in [0.29, 0.717) is 12.1 Å². The summed E-state index contributed by atoms with van der Waals surface area (Å²) in [6, 6.07) is 8.58. The van der Waals surface area contributed by atoms with Crippen LogP contribution >= 0.6 is 0 Å². The third-order valence-electron chi connectivity index (χ3n) is 5.35. The van der Waals surface area contributed by atoms with E-state index in [1.165, 1.54) is 0 Å². The van der Waals surface area contributed by atoms with Gasteiger partial charge in [0.15, 0.2) is 0 Å². The Morgan fingerprint density at radius 3 is 2.59 bits per heavy atom. The lowest BCUT2D eigenvalue weighted by atomic mass is 10.0. The molecule has 4 rings (SSSR count). The van der Waals surface area contributed by atoms with E-state index in [0.717, 1.165) is 41.4 Å². The third kappa shape index (κ3) is 4.20. The van der Waals surface area contributed by atoms with Gasteiger partial charge in [0.2, 0.25) is 0 Å². The van der Waals surface area contributed by atoms with Gasteiger partial charge in [0, 0.05) is 43.1 Å². The van der Waals surface area contributed by atoms with Crippen molar-refractivity contribution in [3.8, 4) is 5.75 Å². The number of benzene rings is 1. The summed E-state index contributed by atoms with van der Waals surface area (Å²) in [5.41, 5.74) is 3.74. The highest BCUT2D eigenvalue weighted by atomic mass is 16.5. The number of hydrogen-bond acceptors (Lipinski definition) is 4. The second-order valence-electron chi connectivity index (χ2n) is 7.75. The van der Waals surface area contributed by atoms with Crippen molar-refractivity contribution in [1.29, 1.82) is 0 Å². The molecule has 0 aliphatic carbocycles. The van der Waals surface area contributed by atoms with Crippen molar-refractivity contribution in [3.05, 3.63) is 83.9 Å². The lowest BCUT2D eigenvalue weighted by molar-refractivity contribution is -0.122. The molecule has 0 radical (unpaired) electrons. The Morgan fingerprint density at radius 1 is 1.07 bits per heavy atom. The van der Waals surface area contributed by atoms with Crippen LogP contribution in [0.25, 0.3) is 5.57 Å². The molecule has 0 bridgehead atoms. The van der Waals surface area contributed by atoms with Gasteiger partial charge in [-0.1, -0.05) is 24.3 Å². The number of piperazine rings is 1. The van der Waals surface area contributed by atoms with E-state index in [2.05, 4.69) is 30.1 Å². The Bertz CT molecular complexity index is 945. The second-order valence-corrected chi connectivity index (χ2v) is 7.75. The Balaban J connectivity index is 1.64. The van der Waals surface area contributed by atoms with Crippen LogP contribution in [0, 0.1) is 0 Å². The summed E-state index contributed by atoms with van der Waals surface area (Å²) in [5.74, 6) is 0.712. The smallest absolute Gasteiger partial charge is 0.255 e. The normalized spacial score (nSPS) is 28.9. The molecule has 3 heterocycles. The van der Waals surface area contributed by atoms with E-state index < -0.39 is 0 Å². The fourth-order valence-electron chi connectivity index (χ4n) is 4.04. The molecule has 0 unspecified atom stereocenters. The molecule has 2 atom stereocenters. The van der Waals surface area contributed by atoms with E-state index in [-0.39, 0.29) is 5.91 Å². The molecule has 150 valence electrons. The van der Waals surface area contributed by atoms with Crippen LogP contribution in [-0.2, 0) is 4.79 Å². The van der Waals surface area contributed by atoms with Crippen LogP contribution in [0.3, 0.4) is 0 Å². The van der Waals surface area contributed by atoms with Gasteiger partial charge in [0.05, 0.1) is 12.8 Å². The Labute approximate surface area is 172 Å². The number of carbonyl (C=O) groups is 1. The van der Waals surface area contributed by atoms with Crippen LogP contribution in [0.5, 0.6) is 5.75 Å². The van der Waals surface area contributed by atoms with Crippen molar-refractivity contribution in [2.45, 2.75) is 25.9 Å². The van der Waals surface area contributed by atoms with E-state index in [1.807, 2.05) is 54.8 Å². The molecule has 0 aromatic heterocycles. The average molecular weight is 389 g/mol. The van der Waals surface area contributed by atoms with Gasteiger partial charge in [-0.05, 0) is 55.3 Å². The third-order valence-corrected chi connectivity index (χ3v) is 5.35. The molecule has 1 aromatic carbocycles. The number of hydrogen-bond donors (Lipinski definition) is 1. The number of fused-ring (bicyclic) bond motifs is 1. The fraction of sp³-hybridized carbons (Fsp3) is 0.292. The zero-order valence-corrected chi connectivity index (χ0v) is 17.1. The number of amides is 1. The van der Waals surface area contributed by atoms with Crippen LogP contribution in [0.2, 0.25) is 0 Å². The van der Waals surface area contributed by atoms with E-state index in [1.54, 1.807) is 18.1 Å². The largest absolute Gasteiger partial charge is 0.497 e. The summed E-state index contributed by atoms with van der Waals surface area (Å²) in [6.45, 7) is 6.23. The van der Waals surface area contributed by atoms with Gasteiger partial charge in [0.1, 0.15) is 5.75 Å². The van der Waals surface area contributed by atoms with E-state index in [4.69, 9.17) is 4.74 Å². The predicted molar refractivity (Wildman–Crippen MR) is 116 cm³/mol. The molecule has 0 spiro atoms. The molecule has 1 saturated heterocycles. The molecule has 1 fully saturated rings. The molecular formula is C24H27N3O2.